The fourth-order valence-electron chi connectivity index (χ4n) is 4.12. The molecule has 2 aliphatic heterocycles. The Bertz CT molecular complexity index is 949. The highest BCUT2D eigenvalue weighted by molar-refractivity contribution is 6.07. The van der Waals surface area contributed by atoms with E-state index in [0.717, 1.165) is 30.5 Å². The molecule has 7 nitrogen and oxygen atoms in total. The van der Waals surface area contributed by atoms with Gasteiger partial charge in [0.1, 0.15) is 6.26 Å². The molecule has 3 amide bonds. The number of carbonyl (C=O) groups is 3. The highest BCUT2D eigenvalue weighted by atomic mass is 16.3. The van der Waals surface area contributed by atoms with Crippen LogP contribution in [0.25, 0.3) is 0 Å². The summed E-state index contributed by atoms with van der Waals surface area (Å²) in [5.41, 5.74) is 3.12. The predicted molar refractivity (Wildman–Crippen MR) is 102 cm³/mol. The van der Waals surface area contributed by atoms with Crippen molar-refractivity contribution in [3.63, 3.8) is 0 Å². The lowest BCUT2D eigenvalue weighted by molar-refractivity contribution is -0.128. The van der Waals surface area contributed by atoms with E-state index in [1.54, 1.807) is 11.0 Å². The van der Waals surface area contributed by atoms with Crippen LogP contribution in [-0.4, -0.2) is 41.8 Å². The van der Waals surface area contributed by atoms with Gasteiger partial charge < -0.3 is 19.5 Å². The first-order chi connectivity index (χ1) is 13.6. The molecule has 2 aromatic rings. The molecule has 0 bridgehead atoms. The van der Waals surface area contributed by atoms with E-state index in [2.05, 4.69) is 5.32 Å². The van der Waals surface area contributed by atoms with E-state index in [1.165, 1.54) is 12.5 Å². The number of anilines is 2. The number of hydrogen-bond donors (Lipinski definition) is 1. The van der Waals surface area contributed by atoms with E-state index in [1.807, 2.05) is 23.1 Å². The van der Waals surface area contributed by atoms with Gasteiger partial charge >= 0.3 is 0 Å². The second-order valence-electron chi connectivity index (χ2n) is 7.73. The molecule has 1 atom stereocenters. The molecule has 1 saturated heterocycles. The van der Waals surface area contributed by atoms with Crippen molar-refractivity contribution in [3.8, 4) is 0 Å². The normalized spacial score (nSPS) is 21.1. The molecule has 0 spiro atoms. The van der Waals surface area contributed by atoms with Gasteiger partial charge in [-0.2, -0.15) is 0 Å². The van der Waals surface area contributed by atoms with Crippen molar-refractivity contribution in [1.82, 2.24) is 4.90 Å². The van der Waals surface area contributed by atoms with Crippen molar-refractivity contribution in [3.05, 3.63) is 47.9 Å². The topological polar surface area (TPSA) is 82.9 Å². The maximum absolute atomic E-state index is 12.6. The Morgan fingerprint density at radius 3 is 2.79 bits per heavy atom. The van der Waals surface area contributed by atoms with Gasteiger partial charge in [0.15, 0.2) is 0 Å². The first kappa shape index (κ1) is 17.0. The third-order valence-electron chi connectivity index (χ3n) is 5.77. The van der Waals surface area contributed by atoms with Crippen LogP contribution in [-0.2, 0) is 16.0 Å². The average molecular weight is 379 g/mol. The maximum Gasteiger partial charge on any atom is 0.261 e. The minimum absolute atomic E-state index is 0.0880. The van der Waals surface area contributed by atoms with Gasteiger partial charge in [-0.05, 0) is 49.1 Å². The summed E-state index contributed by atoms with van der Waals surface area (Å²) >= 11 is 0. The summed E-state index contributed by atoms with van der Waals surface area (Å²) in [6, 6.07) is 7.61. The minimum atomic E-state index is -0.291. The van der Waals surface area contributed by atoms with Crippen LogP contribution in [0.5, 0.6) is 0 Å². The van der Waals surface area contributed by atoms with Crippen LogP contribution >= 0.6 is 0 Å². The minimum Gasteiger partial charge on any atom is -0.472 e. The van der Waals surface area contributed by atoms with E-state index in [-0.39, 0.29) is 23.6 Å². The molecule has 1 aromatic heterocycles. The number of likely N-dealkylation sites (tertiary alicyclic amines) is 1. The Labute approximate surface area is 162 Å². The number of fused-ring (bicyclic) bond motifs is 1. The third kappa shape index (κ3) is 2.96. The molecule has 5 rings (SSSR count). The fraction of sp³-hybridized carbons (Fsp3) is 0.381. The summed E-state index contributed by atoms with van der Waals surface area (Å²) in [6.45, 7) is 1.12. The number of rotatable bonds is 4. The molecule has 2 fully saturated rings. The van der Waals surface area contributed by atoms with Crippen molar-refractivity contribution >= 4 is 29.1 Å². The molecule has 144 valence electrons. The van der Waals surface area contributed by atoms with Gasteiger partial charge in [0.2, 0.25) is 11.8 Å². The number of hydrogen-bond acceptors (Lipinski definition) is 4. The van der Waals surface area contributed by atoms with Gasteiger partial charge in [0, 0.05) is 36.9 Å². The van der Waals surface area contributed by atoms with E-state index in [4.69, 9.17) is 4.42 Å². The summed E-state index contributed by atoms with van der Waals surface area (Å²) < 4.78 is 5.01. The van der Waals surface area contributed by atoms with E-state index < -0.39 is 0 Å². The second kappa shape index (κ2) is 6.51. The molecule has 7 heteroatoms. The number of nitrogens with zero attached hydrogens (tertiary/aromatic N) is 2. The van der Waals surface area contributed by atoms with Crippen LogP contribution in [0, 0.1) is 5.92 Å². The molecule has 28 heavy (non-hydrogen) atoms. The molecule has 1 saturated carbocycles. The number of nitrogens with one attached hydrogen (secondary N) is 1. The smallest absolute Gasteiger partial charge is 0.261 e. The van der Waals surface area contributed by atoms with Crippen LogP contribution in [0.15, 0.2) is 41.2 Å². The van der Waals surface area contributed by atoms with E-state index in [9.17, 15) is 14.4 Å². The molecule has 1 aliphatic carbocycles. The standard InChI is InChI=1S/C21H21N3O4/c25-19-10-15(11-24(19)17-2-3-17)20(26)22-16-1-4-18-13(9-16)5-7-23(18)21(27)14-6-8-28-12-14/h1,4,6,8-9,12,15,17H,2-3,5,7,10-11H2,(H,22,26). The summed E-state index contributed by atoms with van der Waals surface area (Å²) in [6.07, 6.45) is 6.07. The number of amides is 3. The highest BCUT2D eigenvalue weighted by Gasteiger charge is 2.41. The first-order valence-corrected chi connectivity index (χ1v) is 9.67. The summed E-state index contributed by atoms with van der Waals surface area (Å²) in [7, 11) is 0. The quantitative estimate of drug-likeness (QED) is 0.884. The van der Waals surface area contributed by atoms with Crippen LogP contribution in [0.4, 0.5) is 11.4 Å². The lowest BCUT2D eigenvalue weighted by Gasteiger charge is -2.17. The van der Waals surface area contributed by atoms with Crippen molar-refractivity contribution in [2.24, 2.45) is 5.92 Å². The van der Waals surface area contributed by atoms with Crippen molar-refractivity contribution < 1.29 is 18.8 Å². The lowest BCUT2D eigenvalue weighted by Crippen LogP contribution is -2.30. The van der Waals surface area contributed by atoms with Crippen LogP contribution in [0.1, 0.15) is 35.2 Å². The Balaban J connectivity index is 1.27. The molecule has 1 unspecified atom stereocenters. The summed E-state index contributed by atoms with van der Waals surface area (Å²) in [5.74, 6) is -0.403. The SMILES string of the molecule is O=C(Nc1ccc2c(c1)CCN2C(=O)c1ccoc1)C1CC(=O)N(C2CC2)C1. The zero-order valence-electron chi connectivity index (χ0n) is 15.4. The predicted octanol–water partition coefficient (Wildman–Crippen LogP) is 2.43. The van der Waals surface area contributed by atoms with Gasteiger partial charge in [-0.3, -0.25) is 14.4 Å². The first-order valence-electron chi connectivity index (χ1n) is 9.67. The zero-order valence-corrected chi connectivity index (χ0v) is 15.4. The van der Waals surface area contributed by atoms with Crippen LogP contribution in [0.3, 0.4) is 0 Å². The Kier molecular flexibility index (Phi) is 3.96. The third-order valence-corrected chi connectivity index (χ3v) is 5.77. The summed E-state index contributed by atoms with van der Waals surface area (Å²) in [5, 5.41) is 2.95. The molecule has 3 aliphatic rings. The molecular weight excluding hydrogens is 358 g/mol. The zero-order chi connectivity index (χ0) is 19.3. The molecule has 1 aromatic carbocycles. The molecule has 3 heterocycles. The van der Waals surface area contributed by atoms with Crippen LogP contribution < -0.4 is 10.2 Å². The average Bonchev–Trinajstić information content (AvgIpc) is 3.10. The monoisotopic (exact) mass is 379 g/mol. The fourth-order valence-corrected chi connectivity index (χ4v) is 4.12. The van der Waals surface area contributed by atoms with Gasteiger partial charge in [0.05, 0.1) is 17.7 Å². The Morgan fingerprint density at radius 2 is 2.04 bits per heavy atom. The Morgan fingerprint density at radius 1 is 1.18 bits per heavy atom. The van der Waals surface area contributed by atoms with Gasteiger partial charge in [-0.25, -0.2) is 0 Å². The second-order valence-corrected chi connectivity index (χ2v) is 7.73. The van der Waals surface area contributed by atoms with Crippen molar-refractivity contribution in [2.75, 3.05) is 23.3 Å². The van der Waals surface area contributed by atoms with E-state index in [0.29, 0.717) is 36.8 Å². The largest absolute Gasteiger partial charge is 0.472 e. The number of benzene rings is 1. The molecular formula is C21H21N3O4. The molecule has 0 radical (unpaired) electrons. The van der Waals surface area contributed by atoms with Gasteiger partial charge in [0.25, 0.3) is 5.91 Å². The summed E-state index contributed by atoms with van der Waals surface area (Å²) in [4.78, 5) is 40.9. The van der Waals surface area contributed by atoms with E-state index >= 15 is 0 Å². The van der Waals surface area contributed by atoms with Crippen molar-refractivity contribution in [2.45, 2.75) is 31.7 Å². The lowest BCUT2D eigenvalue weighted by atomic mass is 10.1. The number of furan rings is 1. The number of carbonyl (C=O) groups excluding carboxylic acids is 3. The van der Waals surface area contributed by atoms with Crippen LogP contribution in [0.2, 0.25) is 0 Å². The highest BCUT2D eigenvalue weighted by Crippen LogP contribution is 2.34. The maximum atomic E-state index is 12.6. The van der Waals surface area contributed by atoms with Gasteiger partial charge in [-0.1, -0.05) is 0 Å². The molecule has 1 N–H and O–H groups in total. The van der Waals surface area contributed by atoms with Gasteiger partial charge in [-0.15, -0.1) is 0 Å². The Hall–Kier alpha value is -3.09. The van der Waals surface area contributed by atoms with Crippen molar-refractivity contribution in [1.29, 1.82) is 0 Å².